The first-order valence-electron chi connectivity index (χ1n) is 4.07. The van der Waals surface area contributed by atoms with E-state index in [1.165, 1.54) is 0 Å². The van der Waals surface area contributed by atoms with Gasteiger partial charge in [-0.2, -0.15) is 0 Å². The molecule has 15 heavy (non-hydrogen) atoms. The number of rotatable bonds is 8. The second-order valence-electron chi connectivity index (χ2n) is 2.75. The first kappa shape index (κ1) is 14.9. The van der Waals surface area contributed by atoms with Crippen molar-refractivity contribution in [1.82, 2.24) is 0 Å². The van der Waals surface area contributed by atoms with Crippen molar-refractivity contribution in [3.8, 4) is 0 Å². The van der Waals surface area contributed by atoms with Crippen LogP contribution in [-0.4, -0.2) is 64.1 Å². The summed E-state index contributed by atoms with van der Waals surface area (Å²) in [6, 6.07) is -1.57. The number of hydrogen-bond donors (Lipinski definition) is 4. The average Bonchev–Trinajstić information content (AvgIpc) is 2.16. The number of carboxylic acids is 2. The number of aliphatic carboxylic acids is 2. The Hall–Kier alpha value is -0.101. The van der Waals surface area contributed by atoms with Crippen molar-refractivity contribution in [3.05, 3.63) is 0 Å². The van der Waals surface area contributed by atoms with Crippen LogP contribution in [-0.2, 0) is 9.59 Å². The fraction of sp³-hybridized carbons (Fsp3) is 0.714. The summed E-state index contributed by atoms with van der Waals surface area (Å²) in [7, 11) is 0. The van der Waals surface area contributed by atoms with Crippen molar-refractivity contribution in [2.24, 2.45) is 11.5 Å². The molecule has 0 aromatic carbocycles. The van der Waals surface area contributed by atoms with Crippen molar-refractivity contribution in [2.75, 3.05) is 0 Å². The molecular weight excluding hydrogens is 334 g/mol. The summed E-state index contributed by atoms with van der Waals surface area (Å²) in [6.07, 6.45) is 0. The van der Waals surface area contributed by atoms with Crippen LogP contribution in [0.1, 0.15) is 0 Å². The molecule has 2 atom stereocenters. The van der Waals surface area contributed by atoms with Crippen molar-refractivity contribution < 1.29 is 19.8 Å². The maximum atomic E-state index is 10.4. The van der Waals surface area contributed by atoms with E-state index in [9.17, 15) is 9.59 Å². The van der Waals surface area contributed by atoms with Gasteiger partial charge < -0.3 is 0 Å². The molecule has 0 aliphatic rings. The molecule has 88 valence electrons. The van der Waals surface area contributed by atoms with Crippen LogP contribution in [0.3, 0.4) is 0 Å². The molecule has 0 spiro atoms. The Morgan fingerprint density at radius 1 is 1.00 bits per heavy atom. The average molecular weight is 348 g/mol. The Balaban J connectivity index is 3.40. The summed E-state index contributed by atoms with van der Waals surface area (Å²) in [4.78, 5) is 20.7. The van der Waals surface area contributed by atoms with Crippen molar-refractivity contribution in [1.29, 1.82) is 0 Å². The SMILES string of the molecule is N[C@@H](C[Se]C[Se]C[C@H](N)C(=O)O)C(=O)O. The fourth-order valence-electron chi connectivity index (χ4n) is 0.552. The molecular formula is C7H14N2O4Se2. The standard InChI is InChI=1S/C7H14N2O4Se2/c8-4(6(10)11)1-14-3-15-2-5(9)7(12)13/h4-5H,1-3,8-9H2,(H,10,11)(H,12,13)/t4-,5-/m0/s1. The quantitative estimate of drug-likeness (QED) is 0.310. The summed E-state index contributed by atoms with van der Waals surface area (Å²) in [5.74, 6) is -1.96. The topological polar surface area (TPSA) is 127 Å². The monoisotopic (exact) mass is 350 g/mol. The van der Waals surface area contributed by atoms with Gasteiger partial charge >= 0.3 is 100 Å². The molecule has 0 radical (unpaired) electrons. The predicted octanol–water partition coefficient (Wildman–Crippen LogP) is -1.57. The van der Waals surface area contributed by atoms with Crippen LogP contribution in [0.4, 0.5) is 0 Å². The van der Waals surface area contributed by atoms with E-state index >= 15 is 0 Å². The number of carbonyl (C=O) groups is 2. The van der Waals surface area contributed by atoms with Crippen molar-refractivity contribution >= 4 is 41.9 Å². The second kappa shape index (κ2) is 8.10. The minimum atomic E-state index is -0.980. The van der Waals surface area contributed by atoms with Crippen LogP contribution in [0.2, 0.25) is 14.9 Å². The van der Waals surface area contributed by atoms with E-state index in [-0.39, 0.29) is 29.9 Å². The summed E-state index contributed by atoms with van der Waals surface area (Å²) in [5, 5.41) is 18.0. The summed E-state index contributed by atoms with van der Waals surface area (Å²) in [6.45, 7) is 0. The Labute approximate surface area is 100 Å². The van der Waals surface area contributed by atoms with E-state index in [0.717, 1.165) is 4.22 Å². The first-order valence-corrected chi connectivity index (χ1v) is 8.92. The Bertz CT molecular complexity index is 205. The third-order valence-electron chi connectivity index (χ3n) is 1.40. The molecule has 0 aromatic rings. The van der Waals surface area contributed by atoms with Gasteiger partial charge in [-0.25, -0.2) is 0 Å². The van der Waals surface area contributed by atoms with E-state index in [1.807, 2.05) is 0 Å². The van der Waals surface area contributed by atoms with Crippen LogP contribution in [0.25, 0.3) is 0 Å². The molecule has 0 heterocycles. The van der Waals surface area contributed by atoms with Crippen LogP contribution in [0.15, 0.2) is 0 Å². The Morgan fingerprint density at radius 3 is 1.60 bits per heavy atom. The summed E-state index contributed by atoms with van der Waals surface area (Å²) < 4.78 is 0.877. The van der Waals surface area contributed by atoms with Gasteiger partial charge in [-0.3, -0.25) is 0 Å². The molecule has 0 amide bonds. The van der Waals surface area contributed by atoms with E-state index in [2.05, 4.69) is 0 Å². The molecule has 6 nitrogen and oxygen atoms in total. The normalized spacial score (nSPS) is 14.5. The van der Waals surface area contributed by atoms with Gasteiger partial charge in [0.05, 0.1) is 0 Å². The first-order chi connectivity index (χ1) is 6.95. The molecule has 0 aliphatic heterocycles. The number of nitrogens with two attached hydrogens (primary N) is 2. The predicted molar refractivity (Wildman–Crippen MR) is 57.2 cm³/mol. The number of carboxylic acid groups (broad SMARTS) is 2. The summed E-state index contributed by atoms with van der Waals surface area (Å²) in [5.41, 5.74) is 10.6. The van der Waals surface area contributed by atoms with Gasteiger partial charge in [0.15, 0.2) is 0 Å². The molecule has 8 heteroatoms. The minimum absolute atomic E-state index is 0.177. The molecule has 0 saturated heterocycles. The van der Waals surface area contributed by atoms with E-state index in [4.69, 9.17) is 21.7 Å². The molecule has 0 bridgehead atoms. The number of hydrogen-bond acceptors (Lipinski definition) is 4. The zero-order chi connectivity index (χ0) is 11.8. The van der Waals surface area contributed by atoms with Crippen LogP contribution in [0, 0.1) is 0 Å². The van der Waals surface area contributed by atoms with Gasteiger partial charge in [-0.05, 0) is 0 Å². The Kier molecular flexibility index (Phi) is 8.04. The van der Waals surface area contributed by atoms with Crippen LogP contribution < -0.4 is 11.5 Å². The van der Waals surface area contributed by atoms with Crippen LogP contribution in [0.5, 0.6) is 0 Å². The zero-order valence-electron chi connectivity index (χ0n) is 7.96. The molecule has 0 rings (SSSR count). The third-order valence-corrected chi connectivity index (χ3v) is 8.23. The molecule has 0 unspecified atom stereocenters. The van der Waals surface area contributed by atoms with E-state index < -0.39 is 24.0 Å². The van der Waals surface area contributed by atoms with Gasteiger partial charge in [0.25, 0.3) is 0 Å². The molecule has 0 saturated carbocycles. The van der Waals surface area contributed by atoms with Gasteiger partial charge in [-0.1, -0.05) is 0 Å². The third kappa shape index (κ3) is 7.79. The zero-order valence-corrected chi connectivity index (χ0v) is 11.4. The molecule has 6 N–H and O–H groups in total. The van der Waals surface area contributed by atoms with Gasteiger partial charge in [-0.15, -0.1) is 0 Å². The van der Waals surface area contributed by atoms with E-state index in [1.54, 1.807) is 0 Å². The fourth-order valence-corrected chi connectivity index (χ4v) is 6.25. The Morgan fingerprint density at radius 2 is 1.33 bits per heavy atom. The summed E-state index contributed by atoms with van der Waals surface area (Å²) >= 11 is 0.353. The van der Waals surface area contributed by atoms with E-state index in [0.29, 0.717) is 10.6 Å². The van der Waals surface area contributed by atoms with Crippen LogP contribution >= 0.6 is 0 Å². The van der Waals surface area contributed by atoms with Crippen molar-refractivity contribution in [3.63, 3.8) is 0 Å². The van der Waals surface area contributed by atoms with Crippen molar-refractivity contribution in [2.45, 2.75) is 26.9 Å². The maximum absolute atomic E-state index is 10.4. The molecule has 0 aliphatic carbocycles. The van der Waals surface area contributed by atoms with Gasteiger partial charge in [0.1, 0.15) is 0 Å². The molecule has 0 aromatic heterocycles. The molecule has 0 fully saturated rings. The van der Waals surface area contributed by atoms with Gasteiger partial charge in [0, 0.05) is 0 Å². The second-order valence-corrected chi connectivity index (χ2v) is 8.92. The van der Waals surface area contributed by atoms with Gasteiger partial charge in [0.2, 0.25) is 0 Å².